The fraction of sp³-hybridized carbons (Fsp3) is 0.286. The second kappa shape index (κ2) is 6.61. The third-order valence-electron chi connectivity index (χ3n) is 2.70. The molecule has 1 atom stereocenters. The van der Waals surface area contributed by atoms with E-state index in [9.17, 15) is 0 Å². The van der Waals surface area contributed by atoms with E-state index in [4.69, 9.17) is 16.3 Å². The molecule has 1 unspecified atom stereocenters. The summed E-state index contributed by atoms with van der Waals surface area (Å²) in [5, 5.41) is 2.92. The van der Waals surface area contributed by atoms with Crippen LogP contribution in [0.4, 0.5) is 0 Å². The summed E-state index contributed by atoms with van der Waals surface area (Å²) >= 11 is 15.2. The molecule has 102 valence electrons. The average molecular weight is 425 g/mol. The lowest BCUT2D eigenvalue weighted by molar-refractivity contribution is 0.338. The van der Waals surface area contributed by atoms with Gasteiger partial charge >= 0.3 is 0 Å². The highest BCUT2D eigenvalue weighted by Gasteiger charge is 2.18. The van der Waals surface area contributed by atoms with E-state index in [2.05, 4.69) is 49.4 Å². The van der Waals surface area contributed by atoms with Gasteiger partial charge in [-0.05, 0) is 58.4 Å². The number of benzene rings is 1. The molecule has 0 saturated heterocycles. The molecule has 0 aliphatic heterocycles. The summed E-state index contributed by atoms with van der Waals surface area (Å²) in [5.74, 6) is 0.861. The van der Waals surface area contributed by atoms with E-state index in [1.54, 1.807) is 11.3 Å². The van der Waals surface area contributed by atoms with Crippen LogP contribution in [-0.4, -0.2) is 6.61 Å². The first-order valence-electron chi connectivity index (χ1n) is 5.84. The molecule has 0 aliphatic rings. The van der Waals surface area contributed by atoms with Gasteiger partial charge < -0.3 is 4.74 Å². The Morgan fingerprint density at radius 3 is 2.68 bits per heavy atom. The van der Waals surface area contributed by atoms with Gasteiger partial charge in [-0.25, -0.2) is 0 Å². The second-order valence-corrected chi connectivity index (χ2v) is 7.14. The molecule has 0 N–H and O–H groups in total. The molecule has 0 aliphatic carbocycles. The first-order chi connectivity index (χ1) is 9.04. The maximum Gasteiger partial charge on any atom is 0.133 e. The van der Waals surface area contributed by atoms with E-state index < -0.39 is 0 Å². The standard InChI is InChI=1S/C14H13Br2ClOS/c1-3-18-11-5-4-9(6-10(11)15)12(16)14-13(17)8(2)7-19-14/h4-7,12H,3H2,1-2H3. The monoisotopic (exact) mass is 422 g/mol. The SMILES string of the molecule is CCOc1ccc(C(Br)c2scc(C)c2Cl)cc1Br. The van der Waals surface area contributed by atoms with Gasteiger partial charge in [-0.15, -0.1) is 11.3 Å². The second-order valence-electron chi connectivity index (χ2n) is 4.08. The molecular formula is C14H13Br2ClOS. The summed E-state index contributed by atoms with van der Waals surface area (Å²) in [6.07, 6.45) is 0. The highest BCUT2D eigenvalue weighted by Crippen LogP contribution is 2.42. The van der Waals surface area contributed by atoms with Crippen LogP contribution in [0.3, 0.4) is 0 Å². The molecular weight excluding hydrogens is 411 g/mol. The normalized spacial score (nSPS) is 12.5. The van der Waals surface area contributed by atoms with Crippen LogP contribution in [0.2, 0.25) is 5.02 Å². The fourth-order valence-electron chi connectivity index (χ4n) is 1.72. The minimum absolute atomic E-state index is 0.102. The number of halogens is 3. The summed E-state index contributed by atoms with van der Waals surface area (Å²) in [5.41, 5.74) is 2.27. The van der Waals surface area contributed by atoms with Crippen molar-refractivity contribution in [1.29, 1.82) is 0 Å². The summed E-state index contributed by atoms with van der Waals surface area (Å²) in [6.45, 7) is 4.66. The van der Waals surface area contributed by atoms with Crippen LogP contribution in [0.5, 0.6) is 5.75 Å². The first-order valence-corrected chi connectivity index (χ1v) is 8.81. The zero-order valence-electron chi connectivity index (χ0n) is 10.5. The lowest BCUT2D eigenvalue weighted by atomic mass is 10.1. The van der Waals surface area contributed by atoms with Crippen LogP contribution < -0.4 is 4.74 Å². The molecule has 1 aromatic heterocycles. The predicted molar refractivity (Wildman–Crippen MR) is 90.1 cm³/mol. The van der Waals surface area contributed by atoms with E-state index >= 15 is 0 Å². The van der Waals surface area contributed by atoms with Crippen molar-refractivity contribution < 1.29 is 4.74 Å². The Kier molecular flexibility index (Phi) is 5.35. The van der Waals surface area contributed by atoms with Crippen molar-refractivity contribution in [3.05, 3.63) is 49.1 Å². The van der Waals surface area contributed by atoms with Crippen LogP contribution in [-0.2, 0) is 0 Å². The summed E-state index contributed by atoms with van der Waals surface area (Å²) in [6, 6.07) is 6.10. The Bertz CT molecular complexity index is 583. The Morgan fingerprint density at radius 2 is 2.16 bits per heavy atom. The van der Waals surface area contributed by atoms with Gasteiger partial charge in [0.15, 0.2) is 0 Å². The largest absolute Gasteiger partial charge is 0.493 e. The molecule has 1 heterocycles. The van der Waals surface area contributed by atoms with Crippen LogP contribution in [0.15, 0.2) is 28.1 Å². The number of thiophene rings is 1. The van der Waals surface area contributed by atoms with Crippen molar-refractivity contribution in [3.63, 3.8) is 0 Å². The molecule has 19 heavy (non-hydrogen) atoms. The zero-order chi connectivity index (χ0) is 14.0. The molecule has 5 heteroatoms. The van der Waals surface area contributed by atoms with Gasteiger partial charge in [0.2, 0.25) is 0 Å². The number of ether oxygens (including phenoxy) is 1. The third-order valence-corrected chi connectivity index (χ3v) is 6.39. The topological polar surface area (TPSA) is 9.23 Å². The highest BCUT2D eigenvalue weighted by molar-refractivity contribution is 9.10. The molecule has 1 nitrogen and oxygen atoms in total. The van der Waals surface area contributed by atoms with Crippen molar-refractivity contribution in [2.75, 3.05) is 6.61 Å². The molecule has 0 saturated carbocycles. The van der Waals surface area contributed by atoms with E-state index in [-0.39, 0.29) is 4.83 Å². The molecule has 2 aromatic rings. The Labute approximate surface area is 139 Å². The maximum atomic E-state index is 6.32. The van der Waals surface area contributed by atoms with Gasteiger partial charge in [-0.1, -0.05) is 33.6 Å². The van der Waals surface area contributed by atoms with Crippen molar-refractivity contribution in [1.82, 2.24) is 0 Å². The van der Waals surface area contributed by atoms with Crippen LogP contribution in [0, 0.1) is 6.92 Å². The van der Waals surface area contributed by atoms with Crippen molar-refractivity contribution in [2.45, 2.75) is 18.7 Å². The highest BCUT2D eigenvalue weighted by atomic mass is 79.9. The quantitative estimate of drug-likeness (QED) is 0.519. The molecule has 0 fully saturated rings. The van der Waals surface area contributed by atoms with Crippen molar-refractivity contribution >= 4 is 54.8 Å². The number of hydrogen-bond donors (Lipinski definition) is 0. The number of hydrogen-bond acceptors (Lipinski definition) is 2. The van der Waals surface area contributed by atoms with Crippen LogP contribution in [0.1, 0.15) is 27.8 Å². The zero-order valence-corrected chi connectivity index (χ0v) is 15.3. The van der Waals surface area contributed by atoms with E-state index in [0.29, 0.717) is 6.61 Å². The molecule has 0 bridgehead atoms. The smallest absolute Gasteiger partial charge is 0.133 e. The summed E-state index contributed by atoms with van der Waals surface area (Å²) < 4.78 is 6.48. The number of rotatable bonds is 4. The Hall–Kier alpha value is -0.0300. The fourth-order valence-corrected chi connectivity index (χ4v) is 4.50. The van der Waals surface area contributed by atoms with Crippen molar-refractivity contribution in [2.24, 2.45) is 0 Å². The number of alkyl halides is 1. The Morgan fingerprint density at radius 1 is 1.42 bits per heavy atom. The van der Waals surface area contributed by atoms with E-state index in [0.717, 1.165) is 31.2 Å². The average Bonchev–Trinajstić information content (AvgIpc) is 2.72. The lowest BCUT2D eigenvalue weighted by Crippen LogP contribution is -1.95. The van der Waals surface area contributed by atoms with Gasteiger partial charge in [0, 0.05) is 4.88 Å². The van der Waals surface area contributed by atoms with Gasteiger partial charge in [-0.2, -0.15) is 0 Å². The third kappa shape index (κ3) is 3.35. The van der Waals surface area contributed by atoms with Crippen molar-refractivity contribution in [3.8, 4) is 5.75 Å². The Balaban J connectivity index is 2.32. The molecule has 0 spiro atoms. The van der Waals surface area contributed by atoms with Crippen LogP contribution in [0.25, 0.3) is 0 Å². The van der Waals surface area contributed by atoms with E-state index in [1.807, 2.05) is 19.9 Å². The van der Waals surface area contributed by atoms with Crippen LogP contribution >= 0.6 is 54.8 Å². The molecule has 2 rings (SSSR count). The first kappa shape index (κ1) is 15.4. The molecule has 1 aromatic carbocycles. The maximum absolute atomic E-state index is 6.32. The number of aryl methyl sites for hydroxylation is 1. The van der Waals surface area contributed by atoms with E-state index in [1.165, 1.54) is 0 Å². The summed E-state index contributed by atoms with van der Waals surface area (Å²) in [4.78, 5) is 1.24. The predicted octanol–water partition coefficient (Wildman–Crippen LogP) is 6.36. The minimum atomic E-state index is 0.102. The molecule has 0 amide bonds. The minimum Gasteiger partial charge on any atom is -0.493 e. The summed E-state index contributed by atoms with van der Waals surface area (Å²) in [7, 11) is 0. The van der Waals surface area contributed by atoms with Gasteiger partial charge in [0.05, 0.1) is 20.9 Å². The lowest BCUT2D eigenvalue weighted by Gasteiger charge is -2.12. The van der Waals surface area contributed by atoms with Gasteiger partial charge in [0.25, 0.3) is 0 Å². The van der Waals surface area contributed by atoms with Gasteiger partial charge in [-0.3, -0.25) is 0 Å². The molecule has 0 radical (unpaired) electrons. The van der Waals surface area contributed by atoms with Gasteiger partial charge in [0.1, 0.15) is 5.75 Å².